The van der Waals surface area contributed by atoms with E-state index in [1.807, 2.05) is 28.4 Å². The summed E-state index contributed by atoms with van der Waals surface area (Å²) in [6, 6.07) is 8.26. The third kappa shape index (κ3) is 4.26. The van der Waals surface area contributed by atoms with Crippen molar-refractivity contribution in [2.75, 3.05) is 18.4 Å². The van der Waals surface area contributed by atoms with Crippen LogP contribution in [0, 0.1) is 10.9 Å². The summed E-state index contributed by atoms with van der Waals surface area (Å²) in [6.07, 6.45) is 3.94. The van der Waals surface area contributed by atoms with Crippen molar-refractivity contribution in [3.8, 4) is 0 Å². The number of rotatable bonds is 5. The minimum absolute atomic E-state index is 0.482. The van der Waals surface area contributed by atoms with Gasteiger partial charge in [-0.1, -0.05) is 23.5 Å². The van der Waals surface area contributed by atoms with E-state index in [9.17, 15) is 0 Å². The highest BCUT2D eigenvalue weighted by Crippen LogP contribution is 2.27. The van der Waals surface area contributed by atoms with Gasteiger partial charge in [0, 0.05) is 31.7 Å². The highest BCUT2D eigenvalue weighted by molar-refractivity contribution is 7.73. The molecule has 0 saturated carbocycles. The molecule has 9 heteroatoms. The van der Waals surface area contributed by atoms with Crippen molar-refractivity contribution in [1.82, 2.24) is 29.4 Å². The van der Waals surface area contributed by atoms with Gasteiger partial charge in [0.15, 0.2) is 3.95 Å². The zero-order valence-corrected chi connectivity index (χ0v) is 17.1. The third-order valence-electron chi connectivity index (χ3n) is 4.91. The second-order valence-electron chi connectivity index (χ2n) is 7.00. The minimum Gasteiger partial charge on any atom is -0.330 e. The van der Waals surface area contributed by atoms with Crippen molar-refractivity contribution in [2.45, 2.75) is 32.4 Å². The molecule has 0 aliphatic carbocycles. The fourth-order valence-electron chi connectivity index (χ4n) is 3.48. The first-order valence-corrected chi connectivity index (χ1v) is 10.3. The van der Waals surface area contributed by atoms with E-state index in [1.54, 1.807) is 6.33 Å². The lowest BCUT2D eigenvalue weighted by Crippen LogP contribution is -2.35. The average molecular weight is 402 g/mol. The number of benzene rings is 1. The summed E-state index contributed by atoms with van der Waals surface area (Å²) in [6.45, 7) is 4.83. The number of hydrogen-bond donors (Lipinski definition) is 1. The Bertz CT molecular complexity index is 966. The normalized spacial score (nSPS) is 15.9. The van der Waals surface area contributed by atoms with E-state index < -0.39 is 0 Å². The third-order valence-corrected chi connectivity index (χ3v) is 6.13. The first kappa shape index (κ1) is 18.3. The fourth-order valence-corrected chi connectivity index (χ4v) is 4.49. The number of nitrogens with zero attached hydrogens (tertiary/aromatic N) is 6. The molecule has 1 fully saturated rings. The largest absolute Gasteiger partial charge is 0.330 e. The predicted molar refractivity (Wildman–Crippen MR) is 110 cm³/mol. The Hall–Kier alpha value is -2.10. The first-order valence-electron chi connectivity index (χ1n) is 9.06. The van der Waals surface area contributed by atoms with Gasteiger partial charge in [0.1, 0.15) is 12.2 Å². The quantitative estimate of drug-likeness (QED) is 0.658. The molecule has 0 bridgehead atoms. The SMILES string of the molecule is Cc1cccc(Nc2nn(CN3CCC(c4nncn4C)CC3)c(=S)s2)c1. The molecule has 2 aromatic heterocycles. The molecule has 3 aromatic rings. The molecule has 0 atom stereocenters. The van der Waals surface area contributed by atoms with Crippen LogP contribution < -0.4 is 5.32 Å². The lowest BCUT2D eigenvalue weighted by Gasteiger charge is -2.30. The van der Waals surface area contributed by atoms with Crippen LogP contribution in [0.1, 0.15) is 30.1 Å². The summed E-state index contributed by atoms with van der Waals surface area (Å²) >= 11 is 7.03. The lowest BCUT2D eigenvalue weighted by atomic mass is 9.96. The van der Waals surface area contributed by atoms with Crippen molar-refractivity contribution >= 4 is 34.4 Å². The van der Waals surface area contributed by atoms with E-state index in [4.69, 9.17) is 12.2 Å². The molecule has 0 unspecified atom stereocenters. The first-order chi connectivity index (χ1) is 13.1. The molecular weight excluding hydrogens is 378 g/mol. The van der Waals surface area contributed by atoms with Crippen molar-refractivity contribution in [2.24, 2.45) is 7.05 Å². The van der Waals surface area contributed by atoms with Crippen LogP contribution in [0.3, 0.4) is 0 Å². The summed E-state index contributed by atoms with van der Waals surface area (Å²) in [5.41, 5.74) is 2.25. The maximum Gasteiger partial charge on any atom is 0.209 e. The average Bonchev–Trinajstić information content (AvgIpc) is 3.21. The fraction of sp³-hybridized carbons (Fsp3) is 0.444. The van der Waals surface area contributed by atoms with Crippen molar-refractivity contribution in [3.63, 3.8) is 0 Å². The standard InChI is InChI=1S/C18H23N7S2/c1-13-4-3-5-15(10-13)20-17-22-25(18(26)27-17)12-24-8-6-14(7-9-24)16-21-19-11-23(16)2/h3-5,10-11,14H,6-9,12H2,1-2H3,(H,20,22). The lowest BCUT2D eigenvalue weighted by molar-refractivity contribution is 0.158. The van der Waals surface area contributed by atoms with E-state index in [1.165, 1.54) is 16.9 Å². The maximum atomic E-state index is 5.52. The highest BCUT2D eigenvalue weighted by atomic mass is 32.1. The molecule has 3 heterocycles. The molecule has 27 heavy (non-hydrogen) atoms. The van der Waals surface area contributed by atoms with Gasteiger partial charge < -0.3 is 9.88 Å². The molecule has 1 aliphatic rings. The predicted octanol–water partition coefficient (Wildman–Crippen LogP) is 3.69. The Kier molecular flexibility index (Phi) is 5.33. The smallest absolute Gasteiger partial charge is 0.209 e. The summed E-state index contributed by atoms with van der Waals surface area (Å²) < 4.78 is 4.74. The molecule has 0 radical (unpaired) electrons. The number of nitrogens with one attached hydrogen (secondary N) is 1. The number of aryl methyl sites for hydroxylation is 2. The van der Waals surface area contributed by atoms with Crippen LogP contribution in [-0.4, -0.2) is 42.5 Å². The van der Waals surface area contributed by atoms with Crippen LogP contribution in [0.25, 0.3) is 0 Å². The number of hydrogen-bond acceptors (Lipinski definition) is 7. The van der Waals surface area contributed by atoms with Gasteiger partial charge in [0.05, 0.1) is 6.67 Å². The highest BCUT2D eigenvalue weighted by Gasteiger charge is 2.24. The Morgan fingerprint density at radius 2 is 2.11 bits per heavy atom. The van der Waals surface area contributed by atoms with Crippen LogP contribution in [0.4, 0.5) is 10.8 Å². The molecule has 7 nitrogen and oxygen atoms in total. The van der Waals surface area contributed by atoms with Gasteiger partial charge in [-0.2, -0.15) is 0 Å². The van der Waals surface area contributed by atoms with Crippen LogP contribution in [-0.2, 0) is 13.7 Å². The molecule has 0 amide bonds. The molecule has 1 N–H and O–H groups in total. The van der Waals surface area contributed by atoms with Gasteiger partial charge >= 0.3 is 0 Å². The monoisotopic (exact) mass is 401 g/mol. The molecule has 4 rings (SSSR count). The maximum absolute atomic E-state index is 5.52. The Morgan fingerprint density at radius 3 is 2.81 bits per heavy atom. The molecule has 1 aromatic carbocycles. The zero-order valence-electron chi connectivity index (χ0n) is 15.5. The Morgan fingerprint density at radius 1 is 1.30 bits per heavy atom. The second kappa shape index (κ2) is 7.87. The van der Waals surface area contributed by atoms with Crippen LogP contribution in [0.2, 0.25) is 0 Å². The molecule has 1 saturated heterocycles. The van der Waals surface area contributed by atoms with Crippen LogP contribution in [0.5, 0.6) is 0 Å². The second-order valence-corrected chi connectivity index (χ2v) is 8.62. The van der Waals surface area contributed by atoms with Crippen LogP contribution >= 0.6 is 23.6 Å². The van der Waals surface area contributed by atoms with E-state index in [0.717, 1.165) is 53.2 Å². The van der Waals surface area contributed by atoms with E-state index >= 15 is 0 Å². The summed E-state index contributed by atoms with van der Waals surface area (Å²) in [5, 5.41) is 17.1. The van der Waals surface area contributed by atoms with Gasteiger partial charge in [0.2, 0.25) is 5.13 Å². The molecule has 1 aliphatic heterocycles. The van der Waals surface area contributed by atoms with E-state index in [2.05, 4.69) is 44.6 Å². The Labute approximate surface area is 167 Å². The summed E-state index contributed by atoms with van der Waals surface area (Å²) in [5.74, 6) is 1.57. The summed E-state index contributed by atoms with van der Waals surface area (Å²) in [7, 11) is 2.01. The van der Waals surface area contributed by atoms with E-state index in [0.29, 0.717) is 5.92 Å². The van der Waals surface area contributed by atoms with Gasteiger partial charge in [-0.3, -0.25) is 4.90 Å². The van der Waals surface area contributed by atoms with Crippen molar-refractivity contribution < 1.29 is 0 Å². The number of likely N-dealkylation sites (tertiary alicyclic amines) is 1. The molecule has 142 valence electrons. The van der Waals surface area contributed by atoms with Gasteiger partial charge in [0.25, 0.3) is 0 Å². The minimum atomic E-state index is 0.482. The number of piperidine rings is 1. The van der Waals surface area contributed by atoms with Crippen molar-refractivity contribution in [1.29, 1.82) is 0 Å². The van der Waals surface area contributed by atoms with E-state index in [-0.39, 0.29) is 0 Å². The Balaban J connectivity index is 1.37. The molecule has 0 spiro atoms. The summed E-state index contributed by atoms with van der Waals surface area (Å²) in [4.78, 5) is 2.40. The van der Waals surface area contributed by atoms with Crippen molar-refractivity contribution in [3.05, 3.63) is 45.9 Å². The molecular formula is C18H23N7S2. The van der Waals surface area contributed by atoms with Gasteiger partial charge in [-0.05, 0) is 49.7 Å². The zero-order chi connectivity index (χ0) is 18.8. The number of aromatic nitrogens is 5. The number of anilines is 2. The van der Waals surface area contributed by atoms with Gasteiger partial charge in [-0.15, -0.1) is 15.3 Å². The van der Waals surface area contributed by atoms with Gasteiger partial charge in [-0.25, -0.2) is 4.68 Å². The van der Waals surface area contributed by atoms with Crippen LogP contribution in [0.15, 0.2) is 30.6 Å². The topological polar surface area (TPSA) is 63.8 Å².